The average Bonchev–Trinajstić information content (AvgIpc) is 2.49. The Morgan fingerprint density at radius 3 is 2.76 bits per heavy atom. The highest BCUT2D eigenvalue weighted by atomic mass is 16.3. The van der Waals surface area contributed by atoms with Gasteiger partial charge in [-0.15, -0.1) is 0 Å². The molecule has 2 rings (SSSR count). The van der Waals surface area contributed by atoms with Gasteiger partial charge in [0.2, 0.25) is 11.8 Å². The summed E-state index contributed by atoms with van der Waals surface area (Å²) in [7, 11) is 0. The van der Waals surface area contributed by atoms with Crippen molar-refractivity contribution in [1.29, 1.82) is 0 Å². The molecule has 1 aromatic carbocycles. The molecule has 1 heterocycles. The standard InChI is InChI=1S/C16H22N2O3/c1-2-9-17-15(20)14-13(19)8-10-18(16(14)21)11-12-6-4-3-5-7-12/h3-7,13-14,19H,2,8-11H2,1H3,(H,17,20). The lowest BCUT2D eigenvalue weighted by atomic mass is 9.92. The summed E-state index contributed by atoms with van der Waals surface area (Å²) in [4.78, 5) is 26.2. The van der Waals surface area contributed by atoms with Gasteiger partial charge in [0.05, 0.1) is 6.10 Å². The number of rotatable bonds is 5. The Hall–Kier alpha value is -1.88. The van der Waals surface area contributed by atoms with Crippen LogP contribution in [-0.2, 0) is 16.1 Å². The van der Waals surface area contributed by atoms with Crippen LogP contribution in [0, 0.1) is 5.92 Å². The second kappa shape index (κ2) is 7.22. The van der Waals surface area contributed by atoms with E-state index in [0.717, 1.165) is 12.0 Å². The van der Waals surface area contributed by atoms with E-state index in [9.17, 15) is 14.7 Å². The minimum atomic E-state index is -0.978. The Morgan fingerprint density at radius 2 is 2.10 bits per heavy atom. The maximum atomic E-state index is 12.4. The summed E-state index contributed by atoms with van der Waals surface area (Å²) < 4.78 is 0. The topological polar surface area (TPSA) is 69.6 Å². The molecule has 2 atom stereocenters. The quantitative estimate of drug-likeness (QED) is 0.792. The first-order valence-corrected chi connectivity index (χ1v) is 7.42. The summed E-state index contributed by atoms with van der Waals surface area (Å²) in [6, 6.07) is 9.66. The molecule has 2 N–H and O–H groups in total. The van der Waals surface area contributed by atoms with E-state index in [1.54, 1.807) is 4.90 Å². The first-order valence-electron chi connectivity index (χ1n) is 7.42. The maximum Gasteiger partial charge on any atom is 0.238 e. The van der Waals surface area contributed by atoms with E-state index in [1.807, 2.05) is 37.3 Å². The predicted molar refractivity (Wildman–Crippen MR) is 79.3 cm³/mol. The zero-order chi connectivity index (χ0) is 15.2. The number of benzene rings is 1. The van der Waals surface area contributed by atoms with E-state index in [4.69, 9.17) is 0 Å². The Morgan fingerprint density at radius 1 is 1.38 bits per heavy atom. The zero-order valence-electron chi connectivity index (χ0n) is 12.3. The molecule has 5 nitrogen and oxygen atoms in total. The van der Waals surface area contributed by atoms with Crippen molar-refractivity contribution in [2.45, 2.75) is 32.4 Å². The SMILES string of the molecule is CCCNC(=O)C1C(=O)N(Cc2ccccc2)CCC1O. The molecule has 1 fully saturated rings. The molecular weight excluding hydrogens is 268 g/mol. The number of amides is 2. The molecule has 21 heavy (non-hydrogen) atoms. The van der Waals surface area contributed by atoms with Gasteiger partial charge in [-0.2, -0.15) is 0 Å². The number of nitrogens with zero attached hydrogens (tertiary/aromatic N) is 1. The molecule has 0 saturated carbocycles. The summed E-state index contributed by atoms with van der Waals surface area (Å²) in [6.07, 6.45) is 0.348. The molecule has 1 aliphatic rings. The number of piperidine rings is 1. The van der Waals surface area contributed by atoms with Crippen molar-refractivity contribution in [3.05, 3.63) is 35.9 Å². The van der Waals surface area contributed by atoms with Crippen LogP contribution in [0.25, 0.3) is 0 Å². The molecule has 0 spiro atoms. The van der Waals surface area contributed by atoms with Crippen molar-refractivity contribution >= 4 is 11.8 Å². The highest BCUT2D eigenvalue weighted by molar-refractivity contribution is 6.01. The second-order valence-corrected chi connectivity index (χ2v) is 5.37. The molecule has 1 aromatic rings. The summed E-state index contributed by atoms with van der Waals surface area (Å²) in [5.74, 6) is -1.63. The van der Waals surface area contributed by atoms with Crippen LogP contribution in [0.2, 0.25) is 0 Å². The molecule has 1 aliphatic heterocycles. The minimum absolute atomic E-state index is 0.286. The smallest absolute Gasteiger partial charge is 0.238 e. The second-order valence-electron chi connectivity index (χ2n) is 5.37. The van der Waals surface area contributed by atoms with Crippen molar-refractivity contribution in [2.24, 2.45) is 5.92 Å². The van der Waals surface area contributed by atoms with E-state index < -0.39 is 12.0 Å². The molecule has 2 amide bonds. The van der Waals surface area contributed by atoms with Crippen LogP contribution < -0.4 is 5.32 Å². The number of carbonyl (C=O) groups is 2. The average molecular weight is 290 g/mol. The molecule has 114 valence electrons. The van der Waals surface area contributed by atoms with Crippen LogP contribution in [0.15, 0.2) is 30.3 Å². The number of likely N-dealkylation sites (tertiary alicyclic amines) is 1. The molecular formula is C16H22N2O3. The van der Waals surface area contributed by atoms with Gasteiger partial charge in [-0.05, 0) is 18.4 Å². The van der Waals surface area contributed by atoms with Crippen molar-refractivity contribution < 1.29 is 14.7 Å². The van der Waals surface area contributed by atoms with E-state index in [0.29, 0.717) is 26.1 Å². The van der Waals surface area contributed by atoms with Crippen molar-refractivity contribution in [3.8, 4) is 0 Å². The number of carbonyl (C=O) groups excluding carboxylic acids is 2. The lowest BCUT2D eigenvalue weighted by molar-refractivity contribution is -0.152. The van der Waals surface area contributed by atoms with Gasteiger partial charge in [-0.25, -0.2) is 0 Å². The fraction of sp³-hybridized carbons (Fsp3) is 0.500. The van der Waals surface area contributed by atoms with Gasteiger partial charge in [-0.3, -0.25) is 9.59 Å². The Balaban J connectivity index is 2.05. The van der Waals surface area contributed by atoms with Crippen LogP contribution in [-0.4, -0.2) is 41.0 Å². The lowest BCUT2D eigenvalue weighted by Crippen LogP contribution is -2.53. The van der Waals surface area contributed by atoms with Crippen LogP contribution in [0.4, 0.5) is 0 Å². The van der Waals surface area contributed by atoms with E-state index in [2.05, 4.69) is 5.32 Å². The van der Waals surface area contributed by atoms with Crippen molar-refractivity contribution in [3.63, 3.8) is 0 Å². The minimum Gasteiger partial charge on any atom is -0.392 e. The molecule has 0 aliphatic carbocycles. The first-order chi connectivity index (χ1) is 10.1. The number of aliphatic hydroxyl groups is 1. The van der Waals surface area contributed by atoms with Crippen molar-refractivity contribution in [2.75, 3.05) is 13.1 Å². The summed E-state index contributed by atoms with van der Waals surface area (Å²) in [5.41, 5.74) is 1.02. The maximum absolute atomic E-state index is 12.4. The van der Waals surface area contributed by atoms with Crippen LogP contribution in [0.3, 0.4) is 0 Å². The summed E-state index contributed by atoms with van der Waals surface area (Å²) in [5, 5.41) is 12.7. The molecule has 0 radical (unpaired) electrons. The first kappa shape index (κ1) is 15.5. The third-order valence-corrected chi connectivity index (χ3v) is 3.71. The Labute approximate surface area is 125 Å². The lowest BCUT2D eigenvalue weighted by Gasteiger charge is -2.34. The van der Waals surface area contributed by atoms with Gasteiger partial charge < -0.3 is 15.3 Å². The third kappa shape index (κ3) is 3.82. The molecule has 0 aromatic heterocycles. The summed E-state index contributed by atoms with van der Waals surface area (Å²) in [6.45, 7) is 3.42. The van der Waals surface area contributed by atoms with Crippen LogP contribution in [0.1, 0.15) is 25.3 Å². The zero-order valence-corrected chi connectivity index (χ0v) is 12.3. The molecule has 5 heteroatoms. The van der Waals surface area contributed by atoms with E-state index >= 15 is 0 Å². The van der Waals surface area contributed by atoms with E-state index in [1.165, 1.54) is 0 Å². The monoisotopic (exact) mass is 290 g/mol. The van der Waals surface area contributed by atoms with Gasteiger partial charge in [0.25, 0.3) is 0 Å². The largest absolute Gasteiger partial charge is 0.392 e. The molecule has 1 saturated heterocycles. The highest BCUT2D eigenvalue weighted by Gasteiger charge is 2.40. The molecule has 2 unspecified atom stereocenters. The predicted octanol–water partition coefficient (Wildman–Crippen LogP) is 0.922. The number of hydrogen-bond acceptors (Lipinski definition) is 3. The third-order valence-electron chi connectivity index (χ3n) is 3.71. The van der Waals surface area contributed by atoms with Gasteiger partial charge in [0.15, 0.2) is 0 Å². The fourth-order valence-electron chi connectivity index (χ4n) is 2.53. The fourth-order valence-corrected chi connectivity index (χ4v) is 2.53. The van der Waals surface area contributed by atoms with Crippen LogP contribution in [0.5, 0.6) is 0 Å². The Bertz CT molecular complexity index is 490. The number of hydrogen-bond donors (Lipinski definition) is 2. The van der Waals surface area contributed by atoms with Crippen LogP contribution >= 0.6 is 0 Å². The number of nitrogens with one attached hydrogen (secondary N) is 1. The van der Waals surface area contributed by atoms with Gasteiger partial charge in [0.1, 0.15) is 5.92 Å². The van der Waals surface area contributed by atoms with Gasteiger partial charge in [0, 0.05) is 19.6 Å². The number of aliphatic hydroxyl groups excluding tert-OH is 1. The van der Waals surface area contributed by atoms with Gasteiger partial charge in [-0.1, -0.05) is 37.3 Å². The normalized spacial score (nSPS) is 22.2. The highest BCUT2D eigenvalue weighted by Crippen LogP contribution is 2.21. The Kier molecular flexibility index (Phi) is 5.33. The van der Waals surface area contributed by atoms with E-state index in [-0.39, 0.29) is 11.8 Å². The summed E-state index contributed by atoms with van der Waals surface area (Å²) >= 11 is 0. The van der Waals surface area contributed by atoms with Gasteiger partial charge >= 0.3 is 0 Å². The van der Waals surface area contributed by atoms with Crippen molar-refractivity contribution in [1.82, 2.24) is 10.2 Å². The molecule has 0 bridgehead atoms.